The van der Waals surface area contributed by atoms with Crippen LogP contribution in [0.3, 0.4) is 0 Å². The highest BCUT2D eigenvalue weighted by Crippen LogP contribution is 2.44. The van der Waals surface area contributed by atoms with Crippen molar-refractivity contribution >= 4 is 11.3 Å². The summed E-state index contributed by atoms with van der Waals surface area (Å²) in [4.78, 5) is 7.04. The molecule has 0 spiro atoms. The fraction of sp³-hybridized carbons (Fsp3) is 0. The summed E-state index contributed by atoms with van der Waals surface area (Å²) in [5.74, 6) is -7.05. The lowest BCUT2D eigenvalue weighted by Crippen LogP contribution is -2.02. The predicted molar refractivity (Wildman–Crippen MR) is 96.0 cm³/mol. The van der Waals surface area contributed by atoms with Crippen molar-refractivity contribution in [3.8, 4) is 32.0 Å². The topological polar surface area (TPSA) is 25.8 Å². The van der Waals surface area contributed by atoms with Crippen molar-refractivity contribution in [1.29, 1.82) is 0 Å². The molecule has 28 heavy (non-hydrogen) atoms. The second kappa shape index (κ2) is 7.12. The summed E-state index contributed by atoms with van der Waals surface area (Å²) >= 11 is 0.928. The zero-order valence-corrected chi connectivity index (χ0v) is 14.7. The van der Waals surface area contributed by atoms with Crippen molar-refractivity contribution in [3.63, 3.8) is 0 Å². The molecule has 3 aromatic heterocycles. The van der Waals surface area contributed by atoms with Crippen molar-refractivity contribution < 1.29 is 22.0 Å². The number of pyridine rings is 2. The summed E-state index contributed by atoms with van der Waals surface area (Å²) in [6.45, 7) is 0. The van der Waals surface area contributed by atoms with Crippen molar-refractivity contribution in [2.24, 2.45) is 0 Å². The van der Waals surface area contributed by atoms with Crippen molar-refractivity contribution in [1.82, 2.24) is 9.97 Å². The van der Waals surface area contributed by atoms with E-state index in [2.05, 4.69) is 9.97 Å². The Labute approximate surface area is 160 Å². The second-order valence-corrected chi connectivity index (χ2v) is 6.84. The maximum atomic E-state index is 14.2. The van der Waals surface area contributed by atoms with E-state index in [1.165, 1.54) is 42.7 Å². The summed E-state index contributed by atoms with van der Waals surface area (Å²) in [6.07, 6.45) is 3.07. The average molecular weight is 404 g/mol. The van der Waals surface area contributed by atoms with Crippen LogP contribution in [0, 0.1) is 29.3 Å². The predicted octanol–water partition coefficient (Wildman–Crippen LogP) is 6.23. The van der Waals surface area contributed by atoms with Crippen LogP contribution in [0.25, 0.3) is 32.0 Å². The van der Waals surface area contributed by atoms with E-state index < -0.39 is 34.9 Å². The van der Waals surface area contributed by atoms with E-state index in [1.807, 2.05) is 0 Å². The minimum absolute atomic E-state index is 0.0265. The molecule has 0 aliphatic carbocycles. The van der Waals surface area contributed by atoms with E-state index >= 15 is 0 Å². The Kier molecular flexibility index (Phi) is 4.64. The van der Waals surface area contributed by atoms with Crippen LogP contribution in [-0.2, 0) is 0 Å². The van der Waals surface area contributed by atoms with Crippen LogP contribution in [0.2, 0.25) is 0 Å². The molecule has 0 N–H and O–H groups in total. The Hall–Kier alpha value is -3.13. The van der Waals surface area contributed by atoms with Gasteiger partial charge in [0.15, 0.2) is 11.6 Å². The van der Waals surface area contributed by atoms with Gasteiger partial charge in [0.25, 0.3) is 11.9 Å². The van der Waals surface area contributed by atoms with Crippen molar-refractivity contribution in [2.75, 3.05) is 0 Å². The number of thiophene rings is 1. The van der Waals surface area contributed by atoms with E-state index in [0.29, 0.717) is 21.6 Å². The highest BCUT2D eigenvalue weighted by Gasteiger charge is 2.25. The minimum atomic E-state index is -1.73. The number of halogens is 5. The Morgan fingerprint density at radius 3 is 1.93 bits per heavy atom. The van der Waals surface area contributed by atoms with Crippen molar-refractivity contribution in [3.05, 3.63) is 84.2 Å². The molecule has 2 nitrogen and oxygen atoms in total. The van der Waals surface area contributed by atoms with Gasteiger partial charge in [-0.15, -0.1) is 11.3 Å². The molecule has 0 saturated carbocycles. The largest absolute Gasteiger partial charge is 0.265 e. The Bertz CT molecular complexity index is 1130. The maximum Gasteiger partial charge on any atom is 0.252 e. The molecule has 1 aromatic carbocycles. The van der Waals surface area contributed by atoms with Crippen LogP contribution in [0.4, 0.5) is 22.0 Å². The van der Waals surface area contributed by atoms with Crippen LogP contribution < -0.4 is 0 Å². The van der Waals surface area contributed by atoms with Crippen molar-refractivity contribution in [2.45, 2.75) is 0 Å². The first kappa shape index (κ1) is 18.2. The monoisotopic (exact) mass is 404 g/mol. The first-order chi connectivity index (χ1) is 13.5. The number of hydrogen-bond acceptors (Lipinski definition) is 3. The lowest BCUT2D eigenvalue weighted by Gasteiger charge is -2.04. The van der Waals surface area contributed by atoms with Crippen LogP contribution in [0.5, 0.6) is 0 Å². The van der Waals surface area contributed by atoms with Gasteiger partial charge < -0.3 is 0 Å². The highest BCUT2D eigenvalue weighted by atomic mass is 32.1. The zero-order valence-electron chi connectivity index (χ0n) is 13.9. The summed E-state index contributed by atoms with van der Waals surface area (Å²) in [5.41, 5.74) is 0.983. The molecule has 0 fully saturated rings. The zero-order chi connectivity index (χ0) is 19.8. The Balaban J connectivity index is 1.98. The maximum absolute atomic E-state index is 14.2. The molecule has 140 valence electrons. The third kappa shape index (κ3) is 3.16. The van der Waals surface area contributed by atoms with Gasteiger partial charge in [0, 0.05) is 27.7 Å². The Morgan fingerprint density at radius 2 is 1.32 bits per heavy atom. The minimum Gasteiger partial charge on any atom is -0.265 e. The van der Waals surface area contributed by atoms with Gasteiger partial charge in [0.05, 0.1) is 5.56 Å². The molecule has 4 aromatic rings. The molecule has 4 rings (SSSR count). The SMILES string of the molecule is Fc1ccc(-c2sc(-c3c(F)c(F)nc(F)c3F)cc2-c2ccncc2)cc1. The third-order valence-electron chi connectivity index (χ3n) is 4.07. The molecule has 0 bridgehead atoms. The number of rotatable bonds is 3. The summed E-state index contributed by atoms with van der Waals surface area (Å²) < 4.78 is 68.9. The standard InChI is InChI=1S/C20H9F5N2S/c21-12-3-1-11(2-4-12)18-13(10-5-7-26-8-6-10)9-14(28-18)15-16(22)19(24)27-20(25)17(15)23/h1-9H. The lowest BCUT2D eigenvalue weighted by molar-refractivity contribution is 0.411. The van der Waals surface area contributed by atoms with Crippen LogP contribution in [0.15, 0.2) is 54.9 Å². The van der Waals surface area contributed by atoms with Gasteiger partial charge in [-0.1, -0.05) is 12.1 Å². The quantitative estimate of drug-likeness (QED) is 0.299. The van der Waals surface area contributed by atoms with E-state index in [9.17, 15) is 22.0 Å². The normalized spacial score (nSPS) is 11.0. The van der Waals surface area contributed by atoms with Gasteiger partial charge in [-0.25, -0.2) is 13.2 Å². The number of benzene rings is 1. The van der Waals surface area contributed by atoms with Gasteiger partial charge in [0.2, 0.25) is 0 Å². The van der Waals surface area contributed by atoms with E-state index in [0.717, 1.165) is 11.3 Å². The van der Waals surface area contributed by atoms with Crippen LogP contribution >= 0.6 is 11.3 Å². The molecule has 0 unspecified atom stereocenters. The molecule has 0 saturated heterocycles. The molecule has 0 aliphatic heterocycles. The number of hydrogen-bond donors (Lipinski definition) is 0. The van der Waals surface area contributed by atoms with Gasteiger partial charge in [-0.05, 0) is 41.5 Å². The second-order valence-electron chi connectivity index (χ2n) is 5.79. The molecule has 0 radical (unpaired) electrons. The summed E-state index contributed by atoms with van der Waals surface area (Å²) in [7, 11) is 0. The Morgan fingerprint density at radius 1 is 0.714 bits per heavy atom. The summed E-state index contributed by atoms with van der Waals surface area (Å²) in [6, 6.07) is 10.3. The molecule has 0 aliphatic rings. The molecule has 3 heterocycles. The van der Waals surface area contributed by atoms with E-state index in [1.54, 1.807) is 12.1 Å². The number of aromatic nitrogens is 2. The molecular formula is C20H9F5N2S. The smallest absolute Gasteiger partial charge is 0.252 e. The molecule has 8 heteroatoms. The highest BCUT2D eigenvalue weighted by molar-refractivity contribution is 7.19. The van der Waals surface area contributed by atoms with Gasteiger partial charge in [-0.2, -0.15) is 13.8 Å². The molecule has 0 atom stereocenters. The van der Waals surface area contributed by atoms with Gasteiger partial charge in [0.1, 0.15) is 5.82 Å². The fourth-order valence-electron chi connectivity index (χ4n) is 2.78. The lowest BCUT2D eigenvalue weighted by atomic mass is 10.0. The molecular weight excluding hydrogens is 395 g/mol. The van der Waals surface area contributed by atoms with E-state index in [4.69, 9.17) is 0 Å². The van der Waals surface area contributed by atoms with Crippen LogP contribution in [0.1, 0.15) is 0 Å². The average Bonchev–Trinajstić information content (AvgIpc) is 3.13. The van der Waals surface area contributed by atoms with Gasteiger partial charge in [-0.3, -0.25) is 4.98 Å². The molecule has 0 amide bonds. The number of nitrogens with zero attached hydrogens (tertiary/aromatic N) is 2. The summed E-state index contributed by atoms with van der Waals surface area (Å²) in [5, 5.41) is 0. The van der Waals surface area contributed by atoms with Crippen LogP contribution in [-0.4, -0.2) is 9.97 Å². The first-order valence-electron chi connectivity index (χ1n) is 7.96. The van der Waals surface area contributed by atoms with E-state index in [-0.39, 0.29) is 4.88 Å². The van der Waals surface area contributed by atoms with Gasteiger partial charge >= 0.3 is 0 Å². The fourth-order valence-corrected chi connectivity index (χ4v) is 4.00. The first-order valence-corrected chi connectivity index (χ1v) is 8.78. The third-order valence-corrected chi connectivity index (χ3v) is 5.28.